The molecular formula is C19H19BrN2O4. The molecule has 0 unspecified atom stereocenters. The number of piperidine rings is 1. The summed E-state index contributed by atoms with van der Waals surface area (Å²) in [6.07, 6.45) is -0.602. The summed E-state index contributed by atoms with van der Waals surface area (Å²) in [5, 5.41) is 22.8. The van der Waals surface area contributed by atoms with Crippen LogP contribution in [-0.2, 0) is 4.79 Å². The van der Waals surface area contributed by atoms with Crippen molar-refractivity contribution in [2.75, 3.05) is 0 Å². The Labute approximate surface area is 159 Å². The van der Waals surface area contributed by atoms with Crippen LogP contribution in [0.3, 0.4) is 0 Å². The fourth-order valence-corrected chi connectivity index (χ4v) is 4.15. The number of rotatable bonds is 4. The molecule has 1 fully saturated rings. The van der Waals surface area contributed by atoms with Gasteiger partial charge in [-0.3, -0.25) is 14.9 Å². The Bertz CT molecular complexity index is 784. The highest BCUT2D eigenvalue weighted by atomic mass is 79.9. The monoisotopic (exact) mass is 418 g/mol. The normalized spacial score (nSPS) is 28.6. The maximum absolute atomic E-state index is 12.1. The van der Waals surface area contributed by atoms with Crippen LogP contribution in [0.1, 0.15) is 30.0 Å². The summed E-state index contributed by atoms with van der Waals surface area (Å²) in [4.78, 5) is 24.6. The number of benzene rings is 2. The second kappa shape index (κ2) is 7.55. The third kappa shape index (κ3) is 3.24. The van der Waals surface area contributed by atoms with Crippen molar-refractivity contribution in [2.45, 2.75) is 31.2 Å². The molecule has 2 aromatic carbocycles. The van der Waals surface area contributed by atoms with Gasteiger partial charge in [-0.15, -0.1) is 0 Å². The van der Waals surface area contributed by atoms with Gasteiger partial charge in [0.25, 0.3) is 0 Å². The quantitative estimate of drug-likeness (QED) is 0.468. The summed E-state index contributed by atoms with van der Waals surface area (Å²) in [6.45, 7) is 1.74. The number of hydrogen-bond acceptors (Lipinski definition) is 4. The number of hydrogen-bond donors (Lipinski definition) is 1. The second-order valence-electron chi connectivity index (χ2n) is 6.53. The highest BCUT2D eigenvalue weighted by molar-refractivity contribution is 9.10. The van der Waals surface area contributed by atoms with Crippen molar-refractivity contribution in [1.29, 1.82) is 0 Å². The number of carbonyl (C=O) groups is 1. The summed E-state index contributed by atoms with van der Waals surface area (Å²) in [7, 11) is 0. The molecule has 0 aromatic heterocycles. The molecule has 1 saturated heterocycles. The Morgan fingerprint density at radius 2 is 1.73 bits per heavy atom. The first-order valence-electron chi connectivity index (χ1n) is 8.30. The molecule has 0 spiro atoms. The number of nitrogens with zero attached hydrogens (tertiary/aromatic N) is 2. The average molecular weight is 419 g/mol. The van der Waals surface area contributed by atoms with Crippen LogP contribution in [0.4, 0.5) is 0 Å². The topological polar surface area (TPSA) is 83.7 Å². The van der Waals surface area contributed by atoms with Gasteiger partial charge in [-0.05, 0) is 23.3 Å². The highest BCUT2D eigenvalue weighted by Gasteiger charge is 2.54. The number of likely N-dealkylation sites (tertiary alicyclic amines) is 1. The highest BCUT2D eigenvalue weighted by Crippen LogP contribution is 2.45. The molecule has 0 radical (unpaired) electrons. The van der Waals surface area contributed by atoms with E-state index in [1.807, 2.05) is 30.3 Å². The van der Waals surface area contributed by atoms with Gasteiger partial charge in [0.05, 0.1) is 5.92 Å². The van der Waals surface area contributed by atoms with E-state index in [0.29, 0.717) is 12.0 Å². The predicted molar refractivity (Wildman–Crippen MR) is 99.9 cm³/mol. The van der Waals surface area contributed by atoms with Gasteiger partial charge in [-0.2, -0.15) is 0 Å². The molecule has 1 heterocycles. The molecule has 3 rings (SSSR count). The lowest BCUT2D eigenvalue weighted by Gasteiger charge is -2.46. The van der Waals surface area contributed by atoms with Gasteiger partial charge in [-0.1, -0.05) is 65.3 Å². The maximum atomic E-state index is 12.1. The van der Waals surface area contributed by atoms with Crippen LogP contribution in [0.15, 0.2) is 59.1 Å². The van der Waals surface area contributed by atoms with Crippen molar-refractivity contribution in [3.8, 4) is 0 Å². The third-order valence-electron chi connectivity index (χ3n) is 5.12. The first kappa shape index (κ1) is 18.5. The first-order chi connectivity index (χ1) is 12.5. The third-order valence-corrected chi connectivity index (χ3v) is 5.64. The standard InChI is InChI=1S/C19H19BrN2O4/c1-12-16(13-7-9-15(20)10-8-13)18(22(25)26)17(21(11-23)19(12)24)14-5-3-2-4-6-14/h2-12,16-19,24H,1H3/t12-,16+,17-,18+,19+/m1/s1. The minimum absolute atomic E-state index is 0.330. The van der Waals surface area contributed by atoms with Gasteiger partial charge in [0.1, 0.15) is 12.3 Å². The molecular weight excluding hydrogens is 400 g/mol. The number of halogens is 1. The van der Waals surface area contributed by atoms with E-state index in [2.05, 4.69) is 15.9 Å². The summed E-state index contributed by atoms with van der Waals surface area (Å²) in [6, 6.07) is 14.3. The Morgan fingerprint density at radius 3 is 2.27 bits per heavy atom. The summed E-state index contributed by atoms with van der Waals surface area (Å²) in [5.74, 6) is -1.02. The molecule has 0 bridgehead atoms. The van der Waals surface area contributed by atoms with Crippen LogP contribution in [0.5, 0.6) is 0 Å². The Kier molecular flexibility index (Phi) is 5.38. The van der Waals surface area contributed by atoms with Crippen molar-refractivity contribution in [2.24, 2.45) is 5.92 Å². The van der Waals surface area contributed by atoms with E-state index in [-0.39, 0.29) is 4.92 Å². The number of carbonyl (C=O) groups excluding carboxylic acids is 1. The fraction of sp³-hybridized carbons (Fsp3) is 0.316. The fourth-order valence-electron chi connectivity index (χ4n) is 3.88. The van der Waals surface area contributed by atoms with E-state index in [9.17, 15) is 20.0 Å². The molecule has 6 nitrogen and oxygen atoms in total. The van der Waals surface area contributed by atoms with Crippen LogP contribution < -0.4 is 0 Å². The zero-order valence-electron chi connectivity index (χ0n) is 14.1. The lowest BCUT2D eigenvalue weighted by molar-refractivity contribution is -0.543. The zero-order chi connectivity index (χ0) is 18.8. The van der Waals surface area contributed by atoms with Gasteiger partial charge in [0, 0.05) is 15.3 Å². The van der Waals surface area contributed by atoms with Crippen molar-refractivity contribution in [3.05, 3.63) is 80.3 Å². The van der Waals surface area contributed by atoms with Gasteiger partial charge in [0.15, 0.2) is 0 Å². The minimum atomic E-state index is -1.11. The molecule has 1 aliphatic rings. The van der Waals surface area contributed by atoms with E-state index < -0.39 is 30.1 Å². The van der Waals surface area contributed by atoms with E-state index >= 15 is 0 Å². The van der Waals surface area contributed by atoms with Gasteiger partial charge < -0.3 is 10.0 Å². The van der Waals surface area contributed by atoms with Crippen LogP contribution in [0.2, 0.25) is 0 Å². The average Bonchev–Trinajstić information content (AvgIpc) is 2.64. The molecule has 2 aromatic rings. The Morgan fingerprint density at radius 1 is 1.12 bits per heavy atom. The summed E-state index contributed by atoms with van der Waals surface area (Å²) >= 11 is 3.37. The molecule has 136 valence electrons. The predicted octanol–water partition coefficient (Wildman–Crippen LogP) is 3.35. The van der Waals surface area contributed by atoms with Gasteiger partial charge in [-0.25, -0.2) is 0 Å². The molecule has 26 heavy (non-hydrogen) atoms. The van der Waals surface area contributed by atoms with E-state index in [0.717, 1.165) is 10.0 Å². The smallest absolute Gasteiger partial charge is 0.244 e. The molecule has 5 atom stereocenters. The van der Waals surface area contributed by atoms with Crippen LogP contribution in [0, 0.1) is 16.0 Å². The van der Waals surface area contributed by atoms with E-state index in [1.165, 1.54) is 4.90 Å². The molecule has 0 aliphatic carbocycles. The molecule has 1 aliphatic heterocycles. The summed E-state index contributed by atoms with van der Waals surface area (Å²) in [5.41, 5.74) is 1.40. The molecule has 1 amide bonds. The van der Waals surface area contributed by atoms with E-state index in [1.54, 1.807) is 31.2 Å². The summed E-state index contributed by atoms with van der Waals surface area (Å²) < 4.78 is 0.872. The Balaban J connectivity index is 2.15. The molecule has 7 heteroatoms. The maximum Gasteiger partial charge on any atom is 0.244 e. The van der Waals surface area contributed by atoms with Crippen LogP contribution in [-0.4, -0.2) is 33.6 Å². The van der Waals surface area contributed by atoms with Crippen LogP contribution in [0.25, 0.3) is 0 Å². The number of aliphatic hydroxyl groups excluding tert-OH is 1. The number of aliphatic hydroxyl groups is 1. The Hall–Kier alpha value is -2.25. The second-order valence-corrected chi connectivity index (χ2v) is 7.45. The van der Waals surface area contributed by atoms with Crippen molar-refractivity contribution in [1.82, 2.24) is 4.90 Å². The molecule has 0 saturated carbocycles. The lowest BCUT2D eigenvalue weighted by atomic mass is 9.72. The SMILES string of the molecule is C[C@@H]1[C@@H](c2ccc(Br)cc2)[C@H]([N+](=O)[O-])[C@@H](c2ccccc2)N(C=O)[C@H]1O. The zero-order valence-corrected chi connectivity index (χ0v) is 15.7. The van der Waals surface area contributed by atoms with Crippen LogP contribution >= 0.6 is 15.9 Å². The van der Waals surface area contributed by atoms with Crippen molar-refractivity contribution >= 4 is 22.3 Å². The largest absolute Gasteiger partial charge is 0.373 e. The minimum Gasteiger partial charge on any atom is -0.373 e. The number of amides is 1. The van der Waals surface area contributed by atoms with E-state index in [4.69, 9.17) is 0 Å². The van der Waals surface area contributed by atoms with Crippen molar-refractivity contribution < 1.29 is 14.8 Å². The van der Waals surface area contributed by atoms with Gasteiger partial charge >= 0.3 is 0 Å². The number of nitro groups is 1. The van der Waals surface area contributed by atoms with Gasteiger partial charge in [0.2, 0.25) is 12.5 Å². The molecule has 1 N–H and O–H groups in total. The first-order valence-corrected chi connectivity index (χ1v) is 9.09. The van der Waals surface area contributed by atoms with Crippen molar-refractivity contribution in [3.63, 3.8) is 0 Å². The lowest BCUT2D eigenvalue weighted by Crippen LogP contribution is -2.57.